The van der Waals surface area contributed by atoms with E-state index in [0.717, 1.165) is 6.07 Å². The van der Waals surface area contributed by atoms with Crippen molar-refractivity contribution in [2.24, 2.45) is 0 Å². The molecule has 1 unspecified atom stereocenters. The summed E-state index contributed by atoms with van der Waals surface area (Å²) in [6.45, 7) is 1.66. The number of halogens is 2. The number of pyridine rings is 1. The largest absolute Gasteiger partial charge is 0.454 e. The Morgan fingerprint density at radius 2 is 1.87 bits per heavy atom. The normalized spacial score (nSPS) is 13.2. The predicted octanol–water partition coefficient (Wildman–Crippen LogP) is 5.25. The minimum atomic E-state index is -4.05. The van der Waals surface area contributed by atoms with E-state index < -0.39 is 38.3 Å². The summed E-state index contributed by atoms with van der Waals surface area (Å²) in [5, 5.41) is -0.441. The van der Waals surface area contributed by atoms with E-state index in [4.69, 9.17) is 14.2 Å². The molecule has 0 N–H and O–H groups in total. The number of nitrogens with zero attached hydrogens (tertiary/aromatic N) is 4. The summed E-state index contributed by atoms with van der Waals surface area (Å²) in [4.78, 5) is 25.8. The van der Waals surface area contributed by atoms with Crippen LogP contribution in [0.15, 0.2) is 82.5 Å². The maximum Gasteiger partial charge on any atom is 0.286 e. The molecule has 1 atom stereocenters. The average molecular weight is 653 g/mol. The van der Waals surface area contributed by atoms with Gasteiger partial charge in [-0.3, -0.25) is 9.78 Å². The number of aryl methyl sites for hydroxylation is 1. The summed E-state index contributed by atoms with van der Waals surface area (Å²) in [5.41, 5.74) is 2.44. The van der Waals surface area contributed by atoms with Gasteiger partial charge in [-0.25, -0.2) is 27.2 Å². The number of fused-ring (bicyclic) bond motifs is 1. The van der Waals surface area contributed by atoms with Crippen molar-refractivity contribution in [3.05, 3.63) is 116 Å². The van der Waals surface area contributed by atoms with Crippen molar-refractivity contribution in [3.63, 3.8) is 0 Å². The van der Waals surface area contributed by atoms with Crippen LogP contribution in [0, 0.1) is 18.6 Å². The van der Waals surface area contributed by atoms with Crippen LogP contribution in [0.4, 0.5) is 8.78 Å². The fourth-order valence-corrected chi connectivity index (χ4v) is 6.70. The molecule has 0 radical (unpaired) electrons. The summed E-state index contributed by atoms with van der Waals surface area (Å²) < 4.78 is 73.9. The number of aromatic nitrogens is 4. The first-order valence-electron chi connectivity index (χ1n) is 13.8. The van der Waals surface area contributed by atoms with Gasteiger partial charge in [0.15, 0.2) is 17.3 Å². The van der Waals surface area contributed by atoms with Crippen molar-refractivity contribution < 1.29 is 31.4 Å². The lowest BCUT2D eigenvalue weighted by molar-refractivity contribution is 0.0383. The molecule has 6 rings (SSSR count). The van der Waals surface area contributed by atoms with E-state index in [1.165, 1.54) is 34.2 Å². The van der Waals surface area contributed by atoms with Crippen LogP contribution < -0.4 is 15.0 Å². The Hall–Kier alpha value is -4.53. The van der Waals surface area contributed by atoms with Gasteiger partial charge in [-0.1, -0.05) is 24.3 Å². The first-order valence-corrected chi connectivity index (χ1v) is 16.3. The number of thiazole rings is 1. The van der Waals surface area contributed by atoms with Crippen molar-refractivity contribution >= 4 is 21.2 Å². The Balaban J connectivity index is 1.23. The summed E-state index contributed by atoms with van der Waals surface area (Å²) in [6.07, 6.45) is 2.35. The fourth-order valence-electron chi connectivity index (χ4n) is 4.77. The SMILES string of the molecule is Cc1cc(-c2cc(F)c(=O)n(Cc3ccc4c(c3)OCO4)c2)nc(S(=O)(=O)CCC(OCc2ccccc2F)c2cncs2)n1. The average Bonchev–Trinajstić information content (AvgIpc) is 3.72. The topological polar surface area (TPSA) is 123 Å². The van der Waals surface area contributed by atoms with Crippen molar-refractivity contribution in [1.29, 1.82) is 0 Å². The number of sulfone groups is 1. The van der Waals surface area contributed by atoms with E-state index in [9.17, 15) is 22.0 Å². The molecule has 0 amide bonds. The minimum Gasteiger partial charge on any atom is -0.454 e. The smallest absolute Gasteiger partial charge is 0.286 e. The molecule has 0 spiro atoms. The second-order valence-corrected chi connectivity index (χ2v) is 13.2. The number of benzene rings is 2. The fraction of sp³-hybridized carbons (Fsp3) is 0.226. The van der Waals surface area contributed by atoms with Crippen molar-refractivity contribution in [3.8, 4) is 22.8 Å². The van der Waals surface area contributed by atoms with Gasteiger partial charge >= 0.3 is 0 Å². The molecule has 1 aliphatic heterocycles. The maximum atomic E-state index is 14.9. The van der Waals surface area contributed by atoms with Gasteiger partial charge in [-0.05, 0) is 49.2 Å². The van der Waals surface area contributed by atoms with E-state index in [2.05, 4.69) is 15.0 Å². The standard InChI is InChI=1S/C31H26F2N4O6S2/c1-19-10-25(22-12-24(33)30(38)37(15-22)14-20-6-7-26-28(11-20)43-18-42-26)36-31(35-19)45(39,40)9-8-27(29-13-34-17-44-29)41-16-21-4-2-3-5-23(21)32/h2-7,10-13,15,17,27H,8-9,14,16,18H2,1H3. The Bertz CT molecular complexity index is 2020. The van der Waals surface area contributed by atoms with Crippen LogP contribution in [-0.2, 0) is 27.7 Å². The van der Waals surface area contributed by atoms with Gasteiger partial charge in [0, 0.05) is 29.2 Å². The van der Waals surface area contributed by atoms with Crippen LogP contribution in [0.1, 0.15) is 34.2 Å². The van der Waals surface area contributed by atoms with Crippen LogP contribution in [0.3, 0.4) is 0 Å². The number of hydrogen-bond donors (Lipinski definition) is 0. The molecule has 45 heavy (non-hydrogen) atoms. The zero-order chi connectivity index (χ0) is 31.6. The molecule has 0 bridgehead atoms. The van der Waals surface area contributed by atoms with E-state index in [-0.39, 0.29) is 43.4 Å². The van der Waals surface area contributed by atoms with Gasteiger partial charge in [0.1, 0.15) is 5.82 Å². The van der Waals surface area contributed by atoms with Crippen LogP contribution in [0.5, 0.6) is 11.5 Å². The van der Waals surface area contributed by atoms with Crippen LogP contribution >= 0.6 is 11.3 Å². The third-order valence-corrected chi connectivity index (χ3v) is 9.43. The van der Waals surface area contributed by atoms with Crippen LogP contribution in [0.2, 0.25) is 0 Å². The van der Waals surface area contributed by atoms with Gasteiger partial charge < -0.3 is 18.8 Å². The summed E-state index contributed by atoms with van der Waals surface area (Å²) in [7, 11) is -4.05. The van der Waals surface area contributed by atoms with Gasteiger partial charge in [-0.2, -0.15) is 0 Å². The second kappa shape index (κ2) is 12.8. The Kier molecular flexibility index (Phi) is 8.70. The number of rotatable bonds is 11. The van der Waals surface area contributed by atoms with E-state index >= 15 is 0 Å². The van der Waals surface area contributed by atoms with E-state index in [1.807, 2.05) is 0 Å². The number of ether oxygens (including phenoxy) is 3. The summed E-state index contributed by atoms with van der Waals surface area (Å²) in [5.74, 6) is -0.728. The van der Waals surface area contributed by atoms with Gasteiger partial charge in [0.25, 0.3) is 5.56 Å². The molecule has 10 nitrogen and oxygen atoms in total. The van der Waals surface area contributed by atoms with Crippen molar-refractivity contribution in [2.75, 3.05) is 12.5 Å². The molecule has 232 valence electrons. The van der Waals surface area contributed by atoms with Crippen LogP contribution in [0.25, 0.3) is 11.3 Å². The van der Waals surface area contributed by atoms with Gasteiger partial charge in [-0.15, -0.1) is 11.3 Å². The molecular weight excluding hydrogens is 626 g/mol. The maximum absolute atomic E-state index is 14.9. The van der Waals surface area contributed by atoms with E-state index in [0.29, 0.717) is 33.2 Å². The predicted molar refractivity (Wildman–Crippen MR) is 161 cm³/mol. The summed E-state index contributed by atoms with van der Waals surface area (Å²) in [6, 6.07) is 13.9. The summed E-state index contributed by atoms with van der Waals surface area (Å²) >= 11 is 1.30. The molecule has 1 aliphatic rings. The highest BCUT2D eigenvalue weighted by molar-refractivity contribution is 7.91. The second-order valence-electron chi connectivity index (χ2n) is 10.3. The molecule has 2 aromatic carbocycles. The van der Waals surface area contributed by atoms with E-state index in [1.54, 1.807) is 55.0 Å². The highest BCUT2D eigenvalue weighted by atomic mass is 32.2. The monoisotopic (exact) mass is 652 g/mol. The molecule has 0 aliphatic carbocycles. The zero-order valence-electron chi connectivity index (χ0n) is 23.9. The first-order chi connectivity index (χ1) is 21.7. The zero-order valence-corrected chi connectivity index (χ0v) is 25.5. The quantitative estimate of drug-likeness (QED) is 0.176. The molecule has 3 aromatic heterocycles. The van der Waals surface area contributed by atoms with Crippen molar-refractivity contribution in [1.82, 2.24) is 19.5 Å². The molecule has 14 heteroatoms. The third-order valence-electron chi connectivity index (χ3n) is 7.06. The Morgan fingerprint density at radius 1 is 1.04 bits per heavy atom. The van der Waals surface area contributed by atoms with Crippen molar-refractivity contribution in [2.45, 2.75) is 37.8 Å². The lowest BCUT2D eigenvalue weighted by Gasteiger charge is -2.17. The van der Waals surface area contributed by atoms with Gasteiger partial charge in [0.2, 0.25) is 21.8 Å². The minimum absolute atomic E-state index is 0.0284. The Labute approximate surface area is 260 Å². The number of hydrogen-bond acceptors (Lipinski definition) is 10. The lowest BCUT2D eigenvalue weighted by Crippen LogP contribution is -2.23. The Morgan fingerprint density at radius 3 is 2.67 bits per heavy atom. The molecule has 0 saturated heterocycles. The molecule has 0 fully saturated rings. The molecule has 0 saturated carbocycles. The first kappa shape index (κ1) is 30.5. The molecular formula is C31H26F2N4O6S2. The molecule has 5 aromatic rings. The lowest BCUT2D eigenvalue weighted by atomic mass is 10.1. The third kappa shape index (κ3) is 6.92. The van der Waals surface area contributed by atoms with Crippen LogP contribution in [-0.4, -0.2) is 40.5 Å². The van der Waals surface area contributed by atoms with Gasteiger partial charge in [0.05, 0.1) is 41.1 Å². The highest BCUT2D eigenvalue weighted by Gasteiger charge is 2.25. The molecule has 4 heterocycles. The highest BCUT2D eigenvalue weighted by Crippen LogP contribution is 2.33.